The minimum absolute atomic E-state index is 0.0696. The zero-order valence-electron chi connectivity index (χ0n) is 7.41. The fourth-order valence-corrected chi connectivity index (χ4v) is 1.44. The average molecular weight is 180 g/mol. The van der Waals surface area contributed by atoms with Gasteiger partial charge in [0.05, 0.1) is 0 Å². The quantitative estimate of drug-likeness (QED) is 0.765. The van der Waals surface area contributed by atoms with Crippen LogP contribution in [0.3, 0.4) is 0 Å². The molecule has 0 saturated heterocycles. The third-order valence-electron chi connectivity index (χ3n) is 2.48. The van der Waals surface area contributed by atoms with Gasteiger partial charge < -0.3 is 5.32 Å². The maximum absolute atomic E-state index is 12.8. The van der Waals surface area contributed by atoms with E-state index in [1.54, 1.807) is 12.4 Å². The molecular weight excluding hydrogens is 167 g/mol. The first-order chi connectivity index (χ1) is 6.36. The summed E-state index contributed by atoms with van der Waals surface area (Å²) >= 11 is 0. The predicted octanol–water partition coefficient (Wildman–Crippen LogP) is 1.67. The minimum Gasteiger partial charge on any atom is -0.307 e. The van der Waals surface area contributed by atoms with E-state index in [1.165, 1.54) is 0 Å². The molecule has 2 rings (SSSR count). The molecule has 1 aromatic heterocycles. The van der Waals surface area contributed by atoms with Crippen molar-refractivity contribution in [1.82, 2.24) is 10.3 Å². The molecule has 3 heteroatoms. The lowest BCUT2D eigenvalue weighted by molar-refractivity contribution is 0.141. The number of nitrogens with zero attached hydrogens (tertiary/aromatic N) is 1. The second-order valence-corrected chi connectivity index (χ2v) is 3.44. The smallest absolute Gasteiger partial charge is 0.115 e. The molecule has 0 bridgehead atoms. The summed E-state index contributed by atoms with van der Waals surface area (Å²) < 4.78 is 12.8. The van der Waals surface area contributed by atoms with Crippen LogP contribution in [-0.4, -0.2) is 17.2 Å². The van der Waals surface area contributed by atoms with Gasteiger partial charge in [0.2, 0.25) is 0 Å². The SMILES string of the molecule is FC1CCC1NCc1cccnc1. The van der Waals surface area contributed by atoms with Crippen LogP contribution in [-0.2, 0) is 6.54 Å². The van der Waals surface area contributed by atoms with Gasteiger partial charge in [-0.2, -0.15) is 0 Å². The molecule has 2 nitrogen and oxygen atoms in total. The zero-order valence-corrected chi connectivity index (χ0v) is 7.41. The van der Waals surface area contributed by atoms with Gasteiger partial charge in [0.15, 0.2) is 0 Å². The van der Waals surface area contributed by atoms with Gasteiger partial charge in [-0.3, -0.25) is 4.98 Å². The highest BCUT2D eigenvalue weighted by Gasteiger charge is 2.29. The second kappa shape index (κ2) is 3.83. The maximum atomic E-state index is 12.8. The van der Waals surface area contributed by atoms with Crippen molar-refractivity contribution in [3.63, 3.8) is 0 Å². The van der Waals surface area contributed by atoms with Crippen molar-refractivity contribution in [2.75, 3.05) is 0 Å². The number of halogens is 1. The molecule has 0 amide bonds. The average Bonchev–Trinajstić information content (AvgIpc) is 2.17. The van der Waals surface area contributed by atoms with E-state index in [0.29, 0.717) is 6.42 Å². The van der Waals surface area contributed by atoms with Crippen LogP contribution in [0.4, 0.5) is 4.39 Å². The number of alkyl halides is 1. The molecule has 1 fully saturated rings. The predicted molar refractivity (Wildman–Crippen MR) is 49.0 cm³/mol. The van der Waals surface area contributed by atoms with Crippen molar-refractivity contribution in [2.45, 2.75) is 31.6 Å². The molecule has 70 valence electrons. The second-order valence-electron chi connectivity index (χ2n) is 3.44. The van der Waals surface area contributed by atoms with E-state index in [0.717, 1.165) is 18.5 Å². The molecule has 1 N–H and O–H groups in total. The molecule has 1 heterocycles. The van der Waals surface area contributed by atoms with E-state index in [1.807, 2.05) is 12.1 Å². The molecule has 1 saturated carbocycles. The molecule has 13 heavy (non-hydrogen) atoms. The third kappa shape index (κ3) is 2.04. The lowest BCUT2D eigenvalue weighted by Gasteiger charge is -2.31. The van der Waals surface area contributed by atoms with E-state index in [4.69, 9.17) is 0 Å². The lowest BCUT2D eigenvalue weighted by atomic mass is 9.90. The number of pyridine rings is 1. The van der Waals surface area contributed by atoms with Crippen LogP contribution in [0, 0.1) is 0 Å². The van der Waals surface area contributed by atoms with Gasteiger partial charge in [-0.1, -0.05) is 6.07 Å². The van der Waals surface area contributed by atoms with Gasteiger partial charge in [-0.25, -0.2) is 4.39 Å². The Hall–Kier alpha value is -0.960. The fourth-order valence-electron chi connectivity index (χ4n) is 1.44. The number of hydrogen-bond acceptors (Lipinski definition) is 2. The van der Waals surface area contributed by atoms with Crippen molar-refractivity contribution in [3.8, 4) is 0 Å². The van der Waals surface area contributed by atoms with Gasteiger partial charge in [0.1, 0.15) is 6.17 Å². The molecule has 2 atom stereocenters. The Morgan fingerprint density at radius 2 is 2.46 bits per heavy atom. The molecular formula is C10H13FN2. The minimum atomic E-state index is -0.642. The van der Waals surface area contributed by atoms with Gasteiger partial charge in [0.25, 0.3) is 0 Å². The van der Waals surface area contributed by atoms with E-state index in [-0.39, 0.29) is 6.04 Å². The van der Waals surface area contributed by atoms with Crippen molar-refractivity contribution in [3.05, 3.63) is 30.1 Å². The molecule has 0 radical (unpaired) electrons. The van der Waals surface area contributed by atoms with Crippen molar-refractivity contribution >= 4 is 0 Å². The largest absolute Gasteiger partial charge is 0.307 e. The monoisotopic (exact) mass is 180 g/mol. The van der Waals surface area contributed by atoms with Gasteiger partial charge in [0, 0.05) is 25.0 Å². The van der Waals surface area contributed by atoms with Crippen LogP contribution in [0.2, 0.25) is 0 Å². The summed E-state index contributed by atoms with van der Waals surface area (Å²) in [5, 5.41) is 3.17. The molecule has 1 aliphatic carbocycles. The summed E-state index contributed by atoms with van der Waals surface area (Å²) in [4.78, 5) is 3.99. The standard InChI is InChI=1S/C10H13FN2/c11-9-3-4-10(9)13-7-8-2-1-5-12-6-8/h1-2,5-6,9-10,13H,3-4,7H2. The van der Waals surface area contributed by atoms with Gasteiger partial charge >= 0.3 is 0 Å². The molecule has 0 spiro atoms. The van der Waals surface area contributed by atoms with Gasteiger partial charge in [-0.05, 0) is 24.5 Å². The van der Waals surface area contributed by atoms with Crippen LogP contribution in [0.1, 0.15) is 18.4 Å². The first-order valence-corrected chi connectivity index (χ1v) is 4.62. The summed E-state index contributed by atoms with van der Waals surface area (Å²) in [5.41, 5.74) is 1.11. The molecule has 0 aromatic carbocycles. The van der Waals surface area contributed by atoms with E-state index >= 15 is 0 Å². The third-order valence-corrected chi connectivity index (χ3v) is 2.48. The Morgan fingerprint density at radius 3 is 3.00 bits per heavy atom. The van der Waals surface area contributed by atoms with Crippen molar-refractivity contribution in [2.24, 2.45) is 0 Å². The Balaban J connectivity index is 1.80. The first-order valence-electron chi connectivity index (χ1n) is 4.62. The van der Waals surface area contributed by atoms with Crippen molar-refractivity contribution in [1.29, 1.82) is 0 Å². The Labute approximate surface area is 77.2 Å². The molecule has 1 aliphatic rings. The number of aromatic nitrogens is 1. The first kappa shape index (κ1) is 8.63. The summed E-state index contributed by atoms with van der Waals surface area (Å²) in [6.45, 7) is 0.721. The Morgan fingerprint density at radius 1 is 1.54 bits per heavy atom. The van der Waals surface area contributed by atoms with Crippen LogP contribution in [0.25, 0.3) is 0 Å². The topological polar surface area (TPSA) is 24.9 Å². The van der Waals surface area contributed by atoms with E-state index < -0.39 is 6.17 Å². The summed E-state index contributed by atoms with van der Waals surface area (Å²) in [6.07, 6.45) is 4.58. The highest BCUT2D eigenvalue weighted by Crippen LogP contribution is 2.23. The summed E-state index contributed by atoms with van der Waals surface area (Å²) in [5.74, 6) is 0. The van der Waals surface area contributed by atoms with E-state index in [2.05, 4.69) is 10.3 Å². The molecule has 2 unspecified atom stereocenters. The number of nitrogens with one attached hydrogen (secondary N) is 1. The van der Waals surface area contributed by atoms with Gasteiger partial charge in [-0.15, -0.1) is 0 Å². The maximum Gasteiger partial charge on any atom is 0.115 e. The normalized spacial score (nSPS) is 26.8. The highest BCUT2D eigenvalue weighted by molar-refractivity contribution is 5.08. The number of rotatable bonds is 3. The van der Waals surface area contributed by atoms with Crippen LogP contribution >= 0.6 is 0 Å². The van der Waals surface area contributed by atoms with Crippen LogP contribution in [0.5, 0.6) is 0 Å². The van der Waals surface area contributed by atoms with Crippen LogP contribution < -0.4 is 5.32 Å². The molecule has 1 aromatic rings. The van der Waals surface area contributed by atoms with E-state index in [9.17, 15) is 4.39 Å². The highest BCUT2D eigenvalue weighted by atomic mass is 19.1. The fraction of sp³-hybridized carbons (Fsp3) is 0.500. The Kier molecular flexibility index (Phi) is 2.54. The number of hydrogen-bond donors (Lipinski definition) is 1. The lowest BCUT2D eigenvalue weighted by Crippen LogP contribution is -2.45. The molecule has 0 aliphatic heterocycles. The Bertz CT molecular complexity index is 263. The summed E-state index contributed by atoms with van der Waals surface area (Å²) in [6, 6.07) is 3.96. The summed E-state index contributed by atoms with van der Waals surface area (Å²) in [7, 11) is 0. The zero-order chi connectivity index (χ0) is 9.10. The van der Waals surface area contributed by atoms with Crippen molar-refractivity contribution < 1.29 is 4.39 Å². The van der Waals surface area contributed by atoms with Crippen LogP contribution in [0.15, 0.2) is 24.5 Å².